The zero-order valence-electron chi connectivity index (χ0n) is 20.1. The Bertz CT molecular complexity index is 1050. The number of piperidine rings is 1. The Morgan fingerprint density at radius 3 is 2.58 bits per heavy atom. The zero-order chi connectivity index (χ0) is 23.4. The smallest absolute Gasteiger partial charge is 0.203 e. The third-order valence-corrected chi connectivity index (χ3v) is 7.14. The lowest BCUT2D eigenvalue weighted by Crippen LogP contribution is -2.34. The summed E-state index contributed by atoms with van der Waals surface area (Å²) in [5, 5.41) is 9.14. The van der Waals surface area contributed by atoms with Crippen LogP contribution in [0.2, 0.25) is 0 Å². The number of hydrogen-bond donors (Lipinski definition) is 1. The summed E-state index contributed by atoms with van der Waals surface area (Å²) >= 11 is 1.63. The normalized spacial score (nSPS) is 16.6. The second kappa shape index (κ2) is 10.4. The van der Waals surface area contributed by atoms with E-state index in [4.69, 9.17) is 24.3 Å². The van der Waals surface area contributed by atoms with Gasteiger partial charge in [-0.2, -0.15) is 5.10 Å². The standard InChI is InChI=1S/C24H33N5O3S/c1-16-23(19-8-10-29(27-19)15-17-7-6-9-28(2)14-17)33-24(26-16)25-13-18-11-20(30-3)22(32-5)21(12-18)31-4/h8,10-12,17H,6-7,9,13-15H2,1-5H3,(H,25,26). The second-order valence-electron chi connectivity index (χ2n) is 8.51. The molecule has 9 heteroatoms. The fourth-order valence-corrected chi connectivity index (χ4v) is 5.32. The Morgan fingerprint density at radius 2 is 1.91 bits per heavy atom. The van der Waals surface area contributed by atoms with E-state index in [-0.39, 0.29) is 0 Å². The summed E-state index contributed by atoms with van der Waals surface area (Å²) in [5.41, 5.74) is 2.98. The van der Waals surface area contributed by atoms with E-state index in [0.717, 1.165) is 40.0 Å². The maximum Gasteiger partial charge on any atom is 0.203 e. The molecule has 1 unspecified atom stereocenters. The quantitative estimate of drug-likeness (QED) is 0.499. The number of benzene rings is 1. The van der Waals surface area contributed by atoms with Crippen LogP contribution in [0.1, 0.15) is 24.1 Å². The second-order valence-corrected chi connectivity index (χ2v) is 9.51. The number of aromatic nitrogens is 3. The van der Waals surface area contributed by atoms with Crippen molar-refractivity contribution in [2.45, 2.75) is 32.9 Å². The third kappa shape index (κ3) is 5.42. The Balaban J connectivity index is 1.43. The maximum atomic E-state index is 5.46. The third-order valence-electron chi connectivity index (χ3n) is 6.01. The fourth-order valence-electron chi connectivity index (χ4n) is 4.40. The highest BCUT2D eigenvalue weighted by Gasteiger charge is 2.19. The molecule has 1 saturated heterocycles. The van der Waals surface area contributed by atoms with Crippen LogP contribution in [0.25, 0.3) is 10.6 Å². The summed E-state index contributed by atoms with van der Waals surface area (Å²) in [7, 11) is 7.05. The maximum absolute atomic E-state index is 5.46. The van der Waals surface area contributed by atoms with E-state index in [1.54, 1.807) is 32.7 Å². The molecule has 2 aromatic heterocycles. The molecule has 1 atom stereocenters. The van der Waals surface area contributed by atoms with Gasteiger partial charge in [0.2, 0.25) is 5.75 Å². The molecule has 0 amide bonds. The Hall–Kier alpha value is -2.78. The van der Waals surface area contributed by atoms with Gasteiger partial charge in [0.15, 0.2) is 16.6 Å². The summed E-state index contributed by atoms with van der Waals surface area (Å²) in [6.45, 7) is 5.93. The molecule has 4 rings (SSSR count). The van der Waals surface area contributed by atoms with Crippen LogP contribution < -0.4 is 19.5 Å². The minimum atomic E-state index is 0.589. The lowest BCUT2D eigenvalue weighted by molar-refractivity contribution is 0.191. The molecule has 0 spiro atoms. The molecule has 0 saturated carbocycles. The molecule has 1 aliphatic rings. The predicted octanol–water partition coefficient (Wildman–Crippen LogP) is 4.29. The molecule has 0 bridgehead atoms. The van der Waals surface area contributed by atoms with E-state index in [2.05, 4.69) is 34.2 Å². The molecule has 33 heavy (non-hydrogen) atoms. The molecular weight excluding hydrogens is 438 g/mol. The predicted molar refractivity (Wildman–Crippen MR) is 132 cm³/mol. The van der Waals surface area contributed by atoms with E-state index in [1.807, 2.05) is 19.1 Å². The van der Waals surface area contributed by atoms with Gasteiger partial charge in [-0.1, -0.05) is 11.3 Å². The van der Waals surface area contributed by atoms with Gasteiger partial charge in [0, 0.05) is 25.8 Å². The van der Waals surface area contributed by atoms with Crippen molar-refractivity contribution in [2.24, 2.45) is 5.92 Å². The number of nitrogens with one attached hydrogen (secondary N) is 1. The van der Waals surface area contributed by atoms with E-state index >= 15 is 0 Å². The number of thiazole rings is 1. The van der Waals surface area contributed by atoms with Gasteiger partial charge < -0.3 is 24.4 Å². The topological polar surface area (TPSA) is 73.7 Å². The molecule has 1 fully saturated rings. The Kier molecular flexibility index (Phi) is 7.39. The van der Waals surface area contributed by atoms with Crippen LogP contribution in [0.3, 0.4) is 0 Å². The molecule has 8 nitrogen and oxygen atoms in total. The molecule has 1 N–H and O–H groups in total. The molecule has 3 heterocycles. The van der Waals surface area contributed by atoms with Gasteiger partial charge in [0.25, 0.3) is 0 Å². The first-order valence-electron chi connectivity index (χ1n) is 11.2. The summed E-state index contributed by atoms with van der Waals surface area (Å²) in [4.78, 5) is 8.23. The minimum Gasteiger partial charge on any atom is -0.493 e. The van der Waals surface area contributed by atoms with Crippen molar-refractivity contribution in [1.82, 2.24) is 19.7 Å². The van der Waals surface area contributed by atoms with Gasteiger partial charge in [0.05, 0.1) is 31.9 Å². The van der Waals surface area contributed by atoms with Crippen LogP contribution in [0.4, 0.5) is 5.13 Å². The van der Waals surface area contributed by atoms with Crippen molar-refractivity contribution in [1.29, 1.82) is 0 Å². The molecule has 0 radical (unpaired) electrons. The van der Waals surface area contributed by atoms with Crippen molar-refractivity contribution in [3.05, 3.63) is 35.7 Å². The van der Waals surface area contributed by atoms with Crippen LogP contribution in [0, 0.1) is 12.8 Å². The first kappa shape index (κ1) is 23.4. The van der Waals surface area contributed by atoms with E-state index in [1.165, 1.54) is 19.4 Å². The van der Waals surface area contributed by atoms with Gasteiger partial charge in [-0.3, -0.25) is 4.68 Å². The number of methoxy groups -OCH3 is 3. The fraction of sp³-hybridized carbons (Fsp3) is 0.500. The first-order chi connectivity index (χ1) is 16.0. The highest BCUT2D eigenvalue weighted by Crippen LogP contribution is 2.38. The van der Waals surface area contributed by atoms with Gasteiger partial charge in [0.1, 0.15) is 5.69 Å². The largest absolute Gasteiger partial charge is 0.493 e. The molecular formula is C24H33N5O3S. The average Bonchev–Trinajstić information content (AvgIpc) is 3.42. The van der Waals surface area contributed by atoms with Crippen molar-refractivity contribution < 1.29 is 14.2 Å². The van der Waals surface area contributed by atoms with Crippen LogP contribution in [0.15, 0.2) is 24.4 Å². The lowest BCUT2D eigenvalue weighted by Gasteiger charge is -2.29. The first-order valence-corrected chi connectivity index (χ1v) is 12.0. The van der Waals surface area contributed by atoms with Crippen molar-refractivity contribution in [2.75, 3.05) is 46.8 Å². The molecule has 178 valence electrons. The highest BCUT2D eigenvalue weighted by atomic mass is 32.1. The highest BCUT2D eigenvalue weighted by molar-refractivity contribution is 7.19. The lowest BCUT2D eigenvalue weighted by atomic mass is 9.99. The minimum absolute atomic E-state index is 0.589. The number of aryl methyl sites for hydroxylation is 1. The van der Waals surface area contributed by atoms with Gasteiger partial charge in [-0.05, 0) is 63.0 Å². The van der Waals surface area contributed by atoms with Crippen molar-refractivity contribution in [3.63, 3.8) is 0 Å². The number of hydrogen-bond acceptors (Lipinski definition) is 8. The molecule has 3 aromatic rings. The number of rotatable bonds is 9. The van der Waals surface area contributed by atoms with Crippen molar-refractivity contribution in [3.8, 4) is 27.8 Å². The van der Waals surface area contributed by atoms with Crippen molar-refractivity contribution >= 4 is 16.5 Å². The number of ether oxygens (including phenoxy) is 3. The molecule has 1 aliphatic heterocycles. The summed E-state index contributed by atoms with van der Waals surface area (Å²) in [5.74, 6) is 2.53. The van der Waals surface area contributed by atoms with Crippen LogP contribution in [-0.2, 0) is 13.1 Å². The van der Waals surface area contributed by atoms with Gasteiger partial charge in [-0.15, -0.1) is 0 Å². The van der Waals surface area contributed by atoms with Gasteiger partial charge in [-0.25, -0.2) is 4.98 Å². The van der Waals surface area contributed by atoms with E-state index in [0.29, 0.717) is 29.7 Å². The Labute approximate surface area is 199 Å². The molecule has 0 aliphatic carbocycles. The van der Waals surface area contributed by atoms with E-state index in [9.17, 15) is 0 Å². The number of likely N-dealkylation sites (tertiary alicyclic amines) is 1. The Morgan fingerprint density at radius 1 is 1.15 bits per heavy atom. The average molecular weight is 472 g/mol. The van der Waals surface area contributed by atoms with E-state index < -0.39 is 0 Å². The summed E-state index contributed by atoms with van der Waals surface area (Å²) in [6.07, 6.45) is 4.63. The summed E-state index contributed by atoms with van der Waals surface area (Å²) in [6, 6.07) is 5.98. The zero-order valence-corrected chi connectivity index (χ0v) is 20.9. The summed E-state index contributed by atoms with van der Waals surface area (Å²) < 4.78 is 18.4. The number of anilines is 1. The SMILES string of the molecule is COc1cc(CNc2nc(C)c(-c3ccn(CC4CCCN(C)C4)n3)s2)cc(OC)c1OC. The van der Waals surface area contributed by atoms with Crippen LogP contribution >= 0.6 is 11.3 Å². The number of nitrogens with zero attached hydrogens (tertiary/aromatic N) is 4. The van der Waals surface area contributed by atoms with Gasteiger partial charge >= 0.3 is 0 Å². The monoisotopic (exact) mass is 471 g/mol. The molecule has 1 aromatic carbocycles. The van der Waals surface area contributed by atoms with Crippen LogP contribution in [0.5, 0.6) is 17.2 Å². The van der Waals surface area contributed by atoms with Crippen LogP contribution in [-0.4, -0.2) is 61.1 Å².